The molecular formula is C46H78N2O34. The van der Waals surface area contributed by atoms with Crippen LogP contribution in [0.25, 0.3) is 0 Å². The molecule has 0 aliphatic carbocycles. The average molecular weight is 1200 g/mol. The van der Waals surface area contributed by atoms with E-state index in [9.17, 15) is 107 Å². The number of hydrogen-bond acceptors (Lipinski definition) is 34. The van der Waals surface area contributed by atoms with Crippen LogP contribution in [0.3, 0.4) is 0 Å². The van der Waals surface area contributed by atoms with Crippen molar-refractivity contribution < 1.29 is 168 Å². The number of nitrogens with one attached hydrogen (secondary N) is 2. The highest BCUT2D eigenvalue weighted by atomic mass is 16.8. The van der Waals surface area contributed by atoms with Gasteiger partial charge in [-0.2, -0.15) is 0 Å². The smallest absolute Gasteiger partial charge is 0.217 e. The molecular weight excluding hydrogens is 1120 g/mol. The van der Waals surface area contributed by atoms with Crippen LogP contribution < -0.4 is 10.6 Å². The molecule has 0 radical (unpaired) electrons. The van der Waals surface area contributed by atoms with Gasteiger partial charge < -0.3 is 169 Å². The standard InChI is InChI=1S/C46H78N2O34/c1-10-21(56)26(61)31(66)43(70-10)80-37-20(48-13(4)55)42(76-18(9-53)36(37)79-46-39(28(63)23(58)14(5-49)74-46)82-44-32(67)27(62)22(57)11(2)71-44)81-38-24(59)15(6-50)73-45(33(38)68)78-34-17(8-52)75-41(19(25(34)60)47-12(3)54)77-35-16(7-51)72-40(69)30(65)29(35)64/h10-11,14-46,49-53,56-69H,5-9H2,1-4H3,(H,47,54)(H,48,55)/t10-,11-,14+,15+,16+,17+,18+,19+,20+,21+,22+,23-,24-,25+,26+,27+,28-,29+,30+,31-,32-,33+,34+,35+,36+,37+,38-,39+,40?,41-,42-,43-,44-,45-,46-/m0/s1. The predicted molar refractivity (Wildman–Crippen MR) is 252 cm³/mol. The molecule has 0 aromatic rings. The zero-order valence-electron chi connectivity index (χ0n) is 44.4. The van der Waals surface area contributed by atoms with Gasteiger partial charge in [-0.1, -0.05) is 0 Å². The van der Waals surface area contributed by atoms with E-state index in [0.29, 0.717) is 0 Å². The van der Waals surface area contributed by atoms with Crippen LogP contribution in [0, 0.1) is 0 Å². The van der Waals surface area contributed by atoms with Crippen LogP contribution in [0.5, 0.6) is 0 Å². The van der Waals surface area contributed by atoms with Gasteiger partial charge in [0.05, 0.1) is 45.2 Å². The van der Waals surface area contributed by atoms with Crippen molar-refractivity contribution >= 4 is 11.8 Å². The zero-order valence-corrected chi connectivity index (χ0v) is 44.4. The summed E-state index contributed by atoms with van der Waals surface area (Å²) < 4.78 is 76.4. The van der Waals surface area contributed by atoms with E-state index in [1.807, 2.05) is 0 Å². The molecule has 1 unspecified atom stereocenters. The van der Waals surface area contributed by atoms with E-state index in [1.54, 1.807) is 0 Å². The first-order chi connectivity index (χ1) is 38.7. The second-order valence-electron chi connectivity index (χ2n) is 21.0. The Balaban J connectivity index is 1.21. The van der Waals surface area contributed by atoms with Crippen molar-refractivity contribution in [2.24, 2.45) is 0 Å². The van der Waals surface area contributed by atoms with Crippen LogP contribution in [0.2, 0.25) is 0 Å². The number of hydrogen-bond donors (Lipinski definition) is 21. The van der Waals surface area contributed by atoms with Gasteiger partial charge in [-0.05, 0) is 13.8 Å². The number of aliphatic hydroxyl groups excluding tert-OH is 19. The fourth-order valence-corrected chi connectivity index (χ4v) is 10.7. The quantitative estimate of drug-likeness (QED) is 0.0571. The summed E-state index contributed by atoms with van der Waals surface area (Å²) >= 11 is 0. The molecule has 0 saturated carbocycles. The lowest BCUT2D eigenvalue weighted by Crippen LogP contribution is -2.72. The van der Waals surface area contributed by atoms with E-state index in [1.165, 1.54) is 13.8 Å². The van der Waals surface area contributed by atoms with Crippen molar-refractivity contribution in [3.63, 3.8) is 0 Å². The van der Waals surface area contributed by atoms with Crippen molar-refractivity contribution in [2.75, 3.05) is 33.0 Å². The molecule has 7 saturated heterocycles. The Morgan fingerprint density at radius 2 is 0.683 bits per heavy atom. The van der Waals surface area contributed by atoms with Crippen LogP contribution in [-0.4, -0.2) is 357 Å². The van der Waals surface area contributed by atoms with Gasteiger partial charge in [0.25, 0.3) is 0 Å². The highest BCUT2D eigenvalue weighted by Crippen LogP contribution is 2.39. The molecule has 2 amide bonds. The molecule has 7 aliphatic rings. The molecule has 7 aliphatic heterocycles. The van der Waals surface area contributed by atoms with E-state index in [-0.39, 0.29) is 0 Å². The molecule has 7 rings (SSSR count). The predicted octanol–water partition coefficient (Wildman–Crippen LogP) is -13.9. The van der Waals surface area contributed by atoms with Gasteiger partial charge in [0.15, 0.2) is 44.0 Å². The van der Waals surface area contributed by atoms with Gasteiger partial charge >= 0.3 is 0 Å². The minimum Gasteiger partial charge on any atom is -0.394 e. The third-order valence-corrected chi connectivity index (χ3v) is 15.3. The molecule has 21 N–H and O–H groups in total. The Kier molecular flexibility index (Phi) is 23.5. The number of ether oxygens (including phenoxy) is 13. The summed E-state index contributed by atoms with van der Waals surface area (Å²) in [6, 6.07) is -3.64. The molecule has 0 aromatic heterocycles. The van der Waals surface area contributed by atoms with E-state index in [0.717, 1.165) is 13.8 Å². The van der Waals surface area contributed by atoms with Crippen LogP contribution in [0.1, 0.15) is 27.7 Å². The lowest BCUT2D eigenvalue weighted by Gasteiger charge is -2.52. The van der Waals surface area contributed by atoms with Gasteiger partial charge in [-0.15, -0.1) is 0 Å². The molecule has 0 bridgehead atoms. The van der Waals surface area contributed by atoms with E-state index in [2.05, 4.69) is 10.6 Å². The minimum atomic E-state index is -2.30. The van der Waals surface area contributed by atoms with Crippen molar-refractivity contribution in [1.29, 1.82) is 0 Å². The van der Waals surface area contributed by atoms with Gasteiger partial charge in [-0.25, -0.2) is 0 Å². The maximum absolute atomic E-state index is 13.2. The molecule has 0 spiro atoms. The maximum Gasteiger partial charge on any atom is 0.217 e. The first-order valence-corrected chi connectivity index (χ1v) is 26.3. The molecule has 0 aromatic carbocycles. The van der Waals surface area contributed by atoms with Crippen LogP contribution in [0.4, 0.5) is 0 Å². The second kappa shape index (κ2) is 28.7. The van der Waals surface area contributed by atoms with Gasteiger partial charge in [0.2, 0.25) is 11.8 Å². The van der Waals surface area contributed by atoms with E-state index < -0.39 is 260 Å². The molecule has 476 valence electrons. The van der Waals surface area contributed by atoms with Crippen molar-refractivity contribution in [2.45, 2.75) is 243 Å². The normalized spacial score (nSPS) is 51.3. The van der Waals surface area contributed by atoms with Crippen LogP contribution in [0.15, 0.2) is 0 Å². The first kappa shape index (κ1) is 67.2. The van der Waals surface area contributed by atoms with Gasteiger partial charge in [-0.3, -0.25) is 9.59 Å². The fraction of sp³-hybridized carbons (Fsp3) is 0.957. The number of aliphatic hydroxyl groups is 19. The number of carbonyl (C=O) groups excluding carboxylic acids is 2. The van der Waals surface area contributed by atoms with Crippen LogP contribution >= 0.6 is 0 Å². The van der Waals surface area contributed by atoms with Gasteiger partial charge in [0, 0.05) is 13.8 Å². The molecule has 36 heteroatoms. The van der Waals surface area contributed by atoms with E-state index in [4.69, 9.17) is 61.6 Å². The molecule has 82 heavy (non-hydrogen) atoms. The number of rotatable bonds is 19. The highest BCUT2D eigenvalue weighted by molar-refractivity contribution is 5.73. The summed E-state index contributed by atoms with van der Waals surface area (Å²) in [7, 11) is 0. The van der Waals surface area contributed by atoms with Gasteiger partial charge in [0.1, 0.15) is 159 Å². The third-order valence-electron chi connectivity index (χ3n) is 15.3. The SMILES string of the molecule is CC(=O)N[C@H]1[C@H](O[C@H]2[C@H](O)[C@@H](O)C(O)O[C@@H]2CO)O[C@H](CO)[C@@H](O[C@@H]2O[C@H](CO)[C@H](O)[C@H](O[C@@H]3O[C@H](CO)[C@@H](O[C@@H]4O[C@H](CO)[C@H](O)[C@H](O)[C@H]4O[C@@H]4O[C@@H](C)[C@@H](O)[C@@H](O)[C@@H]4O)[C@H](O[C@@H]4O[C@@H](C)[C@@H](O)[C@@H](O)[C@@H]4O)[C@H]3NC(C)=O)[C@H]2O)[C@@H]1O. The summed E-state index contributed by atoms with van der Waals surface area (Å²) in [6.07, 6.45) is -62.8. The monoisotopic (exact) mass is 1200 g/mol. The third kappa shape index (κ3) is 14.1. The summed E-state index contributed by atoms with van der Waals surface area (Å²) in [5, 5.41) is 211. The fourth-order valence-electron chi connectivity index (χ4n) is 10.7. The average Bonchev–Trinajstić information content (AvgIpc) is 2.64. The first-order valence-electron chi connectivity index (χ1n) is 26.3. The summed E-state index contributed by atoms with van der Waals surface area (Å²) in [5.41, 5.74) is 0. The van der Waals surface area contributed by atoms with E-state index >= 15 is 0 Å². The Morgan fingerprint density at radius 3 is 1.21 bits per heavy atom. The highest BCUT2D eigenvalue weighted by Gasteiger charge is 2.60. The van der Waals surface area contributed by atoms with Crippen molar-refractivity contribution in [3.05, 3.63) is 0 Å². The lowest BCUT2D eigenvalue weighted by molar-refractivity contribution is -0.401. The number of amides is 2. The number of carbonyl (C=O) groups is 2. The largest absolute Gasteiger partial charge is 0.394 e. The lowest BCUT2D eigenvalue weighted by atomic mass is 9.93. The van der Waals surface area contributed by atoms with Crippen molar-refractivity contribution in [3.8, 4) is 0 Å². The molecule has 7 heterocycles. The Bertz CT molecular complexity index is 2030. The summed E-state index contributed by atoms with van der Waals surface area (Å²) in [5.74, 6) is -1.76. The Morgan fingerprint density at radius 1 is 0.317 bits per heavy atom. The molecule has 7 fully saturated rings. The Hall–Kier alpha value is -2.34. The minimum absolute atomic E-state index is 0.830. The second-order valence-corrected chi connectivity index (χ2v) is 21.0. The molecule has 35 atom stereocenters. The maximum atomic E-state index is 13.2. The summed E-state index contributed by atoms with van der Waals surface area (Å²) in [4.78, 5) is 25.8. The van der Waals surface area contributed by atoms with Crippen LogP contribution in [-0.2, 0) is 71.2 Å². The van der Waals surface area contributed by atoms with Crippen molar-refractivity contribution in [1.82, 2.24) is 10.6 Å². The Labute approximate surface area is 465 Å². The topological polar surface area (TPSA) is 563 Å². The molecule has 36 nitrogen and oxygen atoms in total. The zero-order chi connectivity index (χ0) is 60.5. The summed E-state index contributed by atoms with van der Waals surface area (Å²) in [6.45, 7) is -0.599.